The van der Waals surface area contributed by atoms with E-state index in [1.54, 1.807) is 0 Å². The summed E-state index contributed by atoms with van der Waals surface area (Å²) in [7, 11) is 0. The molecule has 0 fully saturated rings. The van der Waals surface area contributed by atoms with Crippen molar-refractivity contribution in [2.75, 3.05) is 11.4 Å². The summed E-state index contributed by atoms with van der Waals surface area (Å²) in [5.74, 6) is 2.74. The zero-order valence-corrected chi connectivity index (χ0v) is 12.5. The quantitative estimate of drug-likeness (QED) is 0.723. The summed E-state index contributed by atoms with van der Waals surface area (Å²) in [5.41, 5.74) is 3.49. The predicted octanol–water partition coefficient (Wildman–Crippen LogP) is 3.61. The van der Waals surface area contributed by atoms with Crippen LogP contribution >= 0.6 is 0 Å². The Hall–Kier alpha value is -2.62. The maximum absolute atomic E-state index is 6.07. The molecule has 0 spiro atoms. The van der Waals surface area contributed by atoms with Gasteiger partial charge < -0.3 is 9.32 Å². The van der Waals surface area contributed by atoms with Crippen molar-refractivity contribution in [2.45, 2.75) is 19.9 Å². The van der Waals surface area contributed by atoms with Crippen molar-refractivity contribution < 1.29 is 4.42 Å². The Morgan fingerprint density at radius 1 is 1.09 bits per heavy atom. The first-order valence-corrected chi connectivity index (χ1v) is 7.50. The zero-order chi connectivity index (χ0) is 14.9. The van der Waals surface area contributed by atoms with E-state index in [1.807, 2.05) is 37.5 Å². The van der Waals surface area contributed by atoms with Gasteiger partial charge in [0.15, 0.2) is 0 Å². The number of rotatable bonds is 2. The van der Waals surface area contributed by atoms with Gasteiger partial charge in [-0.25, -0.2) is 9.97 Å². The van der Waals surface area contributed by atoms with Gasteiger partial charge >= 0.3 is 0 Å². The van der Waals surface area contributed by atoms with E-state index in [1.165, 1.54) is 5.56 Å². The van der Waals surface area contributed by atoms with Crippen LogP contribution in [0.2, 0.25) is 0 Å². The van der Waals surface area contributed by atoms with Crippen molar-refractivity contribution in [3.63, 3.8) is 0 Å². The standard InChI is InChI=1S/C18H17N3O/c1-13-10-19-18(20-11-13)21-8-7-15-9-16(22-17(15)12-21)14-5-3-2-4-6-14/h2-6,9-11H,7-8,12H2,1H3. The second-order valence-corrected chi connectivity index (χ2v) is 5.66. The van der Waals surface area contributed by atoms with Gasteiger partial charge in [-0.15, -0.1) is 0 Å². The average Bonchev–Trinajstić information content (AvgIpc) is 2.99. The van der Waals surface area contributed by atoms with Crippen LogP contribution in [-0.2, 0) is 13.0 Å². The maximum atomic E-state index is 6.07. The van der Waals surface area contributed by atoms with Crippen molar-refractivity contribution in [3.8, 4) is 11.3 Å². The van der Waals surface area contributed by atoms with Gasteiger partial charge in [0, 0.05) is 24.5 Å². The van der Waals surface area contributed by atoms with E-state index in [0.717, 1.165) is 48.1 Å². The third-order valence-electron chi connectivity index (χ3n) is 3.99. The lowest BCUT2D eigenvalue weighted by atomic mass is 10.1. The van der Waals surface area contributed by atoms with Crippen LogP contribution in [0, 0.1) is 6.92 Å². The lowest BCUT2D eigenvalue weighted by molar-refractivity contribution is 0.493. The SMILES string of the molecule is Cc1cnc(N2CCc3cc(-c4ccccc4)oc3C2)nc1. The fourth-order valence-corrected chi connectivity index (χ4v) is 2.78. The van der Waals surface area contributed by atoms with Crippen molar-refractivity contribution >= 4 is 5.95 Å². The van der Waals surface area contributed by atoms with E-state index in [4.69, 9.17) is 4.42 Å². The number of anilines is 1. The van der Waals surface area contributed by atoms with Crippen LogP contribution in [0.5, 0.6) is 0 Å². The highest BCUT2D eigenvalue weighted by Crippen LogP contribution is 2.30. The van der Waals surface area contributed by atoms with Crippen LogP contribution in [0.4, 0.5) is 5.95 Å². The highest BCUT2D eigenvalue weighted by Gasteiger charge is 2.22. The monoisotopic (exact) mass is 291 g/mol. The number of furan rings is 1. The summed E-state index contributed by atoms with van der Waals surface area (Å²) in [4.78, 5) is 11.0. The fourth-order valence-electron chi connectivity index (χ4n) is 2.78. The van der Waals surface area contributed by atoms with Gasteiger partial charge in [-0.2, -0.15) is 0 Å². The molecule has 1 aliphatic rings. The normalized spacial score (nSPS) is 14.0. The molecule has 110 valence electrons. The lowest BCUT2D eigenvalue weighted by Gasteiger charge is -2.25. The summed E-state index contributed by atoms with van der Waals surface area (Å²) in [6, 6.07) is 12.4. The Kier molecular flexibility index (Phi) is 3.15. The molecule has 3 heterocycles. The molecule has 0 aliphatic carbocycles. The first-order valence-electron chi connectivity index (χ1n) is 7.50. The van der Waals surface area contributed by atoms with Gasteiger partial charge in [0.1, 0.15) is 11.5 Å². The van der Waals surface area contributed by atoms with E-state index >= 15 is 0 Å². The molecule has 0 radical (unpaired) electrons. The number of benzene rings is 1. The Balaban J connectivity index is 1.61. The molecule has 1 aromatic carbocycles. The molecule has 0 bridgehead atoms. The topological polar surface area (TPSA) is 42.2 Å². The Bertz CT molecular complexity index is 778. The third kappa shape index (κ3) is 2.37. The van der Waals surface area contributed by atoms with Gasteiger partial charge in [0.05, 0.1) is 6.54 Å². The maximum Gasteiger partial charge on any atom is 0.225 e. The van der Waals surface area contributed by atoms with Crippen LogP contribution in [0.15, 0.2) is 53.2 Å². The van der Waals surface area contributed by atoms with Crippen molar-refractivity contribution in [1.29, 1.82) is 0 Å². The molecule has 0 atom stereocenters. The van der Waals surface area contributed by atoms with Crippen molar-refractivity contribution in [1.82, 2.24) is 9.97 Å². The number of aromatic nitrogens is 2. The molecular formula is C18H17N3O. The molecule has 3 aromatic rings. The first-order chi connectivity index (χ1) is 10.8. The number of nitrogens with zero attached hydrogens (tertiary/aromatic N) is 3. The summed E-state index contributed by atoms with van der Waals surface area (Å²) in [6.07, 6.45) is 4.67. The predicted molar refractivity (Wildman–Crippen MR) is 85.7 cm³/mol. The highest BCUT2D eigenvalue weighted by atomic mass is 16.3. The molecule has 4 rings (SSSR count). The summed E-state index contributed by atoms with van der Waals surface area (Å²) >= 11 is 0. The Morgan fingerprint density at radius 3 is 2.64 bits per heavy atom. The number of hydrogen-bond donors (Lipinski definition) is 0. The second kappa shape index (κ2) is 5.30. The summed E-state index contributed by atoms with van der Waals surface area (Å²) < 4.78 is 6.07. The molecule has 4 nitrogen and oxygen atoms in total. The second-order valence-electron chi connectivity index (χ2n) is 5.66. The van der Waals surface area contributed by atoms with Crippen LogP contribution < -0.4 is 4.90 Å². The molecule has 1 aliphatic heterocycles. The van der Waals surface area contributed by atoms with E-state index < -0.39 is 0 Å². The third-order valence-corrected chi connectivity index (χ3v) is 3.99. The minimum atomic E-state index is 0.727. The van der Waals surface area contributed by atoms with E-state index in [-0.39, 0.29) is 0 Å². The van der Waals surface area contributed by atoms with Crippen LogP contribution in [0.3, 0.4) is 0 Å². The number of hydrogen-bond acceptors (Lipinski definition) is 4. The molecule has 0 N–H and O–H groups in total. The molecule has 0 unspecified atom stereocenters. The van der Waals surface area contributed by atoms with E-state index in [0.29, 0.717) is 0 Å². The van der Waals surface area contributed by atoms with Gasteiger partial charge in [-0.1, -0.05) is 30.3 Å². The molecule has 2 aromatic heterocycles. The Morgan fingerprint density at radius 2 is 1.86 bits per heavy atom. The molecule has 4 heteroatoms. The Labute approximate surface area is 129 Å². The summed E-state index contributed by atoms with van der Waals surface area (Å²) in [6.45, 7) is 3.64. The molecule has 0 saturated heterocycles. The van der Waals surface area contributed by atoms with Gasteiger partial charge in [0.25, 0.3) is 0 Å². The minimum Gasteiger partial charge on any atom is -0.459 e. The van der Waals surface area contributed by atoms with Crippen LogP contribution in [0.25, 0.3) is 11.3 Å². The highest BCUT2D eigenvalue weighted by molar-refractivity contribution is 5.59. The fraction of sp³-hybridized carbons (Fsp3) is 0.222. The minimum absolute atomic E-state index is 0.727. The van der Waals surface area contributed by atoms with Crippen LogP contribution in [0.1, 0.15) is 16.9 Å². The van der Waals surface area contributed by atoms with Gasteiger partial charge in [0.2, 0.25) is 5.95 Å². The van der Waals surface area contributed by atoms with Gasteiger partial charge in [-0.3, -0.25) is 0 Å². The van der Waals surface area contributed by atoms with Gasteiger partial charge in [-0.05, 0) is 30.5 Å². The number of aryl methyl sites for hydroxylation is 1. The largest absolute Gasteiger partial charge is 0.459 e. The first kappa shape index (κ1) is 13.1. The van der Waals surface area contributed by atoms with Crippen LogP contribution in [-0.4, -0.2) is 16.5 Å². The molecule has 0 amide bonds. The smallest absolute Gasteiger partial charge is 0.225 e. The number of fused-ring (bicyclic) bond motifs is 1. The van der Waals surface area contributed by atoms with E-state index in [9.17, 15) is 0 Å². The molecular weight excluding hydrogens is 274 g/mol. The van der Waals surface area contributed by atoms with Crippen molar-refractivity contribution in [2.24, 2.45) is 0 Å². The van der Waals surface area contributed by atoms with E-state index in [2.05, 4.69) is 33.1 Å². The summed E-state index contributed by atoms with van der Waals surface area (Å²) in [5, 5.41) is 0. The lowest BCUT2D eigenvalue weighted by Crippen LogP contribution is -2.31. The molecule has 22 heavy (non-hydrogen) atoms. The molecule has 0 saturated carbocycles. The average molecular weight is 291 g/mol. The zero-order valence-electron chi connectivity index (χ0n) is 12.5. The van der Waals surface area contributed by atoms with Crippen molar-refractivity contribution in [3.05, 3.63) is 65.7 Å².